The third-order valence-electron chi connectivity index (χ3n) is 3.29. The summed E-state index contributed by atoms with van der Waals surface area (Å²) in [5.74, 6) is 1.99. The molecular weight excluding hydrogens is 338 g/mol. The molecule has 0 N–H and O–H groups in total. The average molecular weight is 357 g/mol. The van der Waals surface area contributed by atoms with Gasteiger partial charge in [-0.05, 0) is 37.8 Å². The van der Waals surface area contributed by atoms with Crippen molar-refractivity contribution in [2.45, 2.75) is 32.7 Å². The van der Waals surface area contributed by atoms with Crippen molar-refractivity contribution < 1.29 is 0 Å². The van der Waals surface area contributed by atoms with Gasteiger partial charge < -0.3 is 0 Å². The summed E-state index contributed by atoms with van der Waals surface area (Å²) >= 11 is 9.74. The van der Waals surface area contributed by atoms with Crippen LogP contribution < -0.4 is 0 Å². The lowest BCUT2D eigenvalue weighted by Gasteiger charge is -2.16. The van der Waals surface area contributed by atoms with E-state index in [-0.39, 0.29) is 0 Å². The molecular formula is C15H19BrClN3. The number of halogens is 2. The third kappa shape index (κ3) is 3.83. The molecule has 0 aliphatic carbocycles. The van der Waals surface area contributed by atoms with Gasteiger partial charge in [0.05, 0.1) is 0 Å². The first kappa shape index (κ1) is 15.5. The molecule has 108 valence electrons. The smallest absolute Gasteiger partial charge is 0.138 e. The van der Waals surface area contributed by atoms with Gasteiger partial charge in [-0.15, -0.1) is 11.6 Å². The van der Waals surface area contributed by atoms with Crippen molar-refractivity contribution in [3.63, 3.8) is 0 Å². The molecule has 1 unspecified atom stereocenters. The second-order valence-electron chi connectivity index (χ2n) is 5.23. The van der Waals surface area contributed by atoms with E-state index < -0.39 is 0 Å². The molecule has 2 rings (SSSR count). The summed E-state index contributed by atoms with van der Waals surface area (Å²) in [4.78, 5) is 4.37. The number of benzene rings is 1. The van der Waals surface area contributed by atoms with Gasteiger partial charge in [0.15, 0.2) is 0 Å². The van der Waals surface area contributed by atoms with E-state index in [0.29, 0.717) is 17.8 Å². The van der Waals surface area contributed by atoms with Crippen LogP contribution in [0.3, 0.4) is 0 Å². The summed E-state index contributed by atoms with van der Waals surface area (Å²) in [6, 6.07) is 8.61. The molecule has 3 nitrogen and oxygen atoms in total. The van der Waals surface area contributed by atoms with Crippen LogP contribution in [0.25, 0.3) is 0 Å². The first-order chi connectivity index (χ1) is 9.61. The molecule has 0 fully saturated rings. The molecule has 1 aromatic carbocycles. The van der Waals surface area contributed by atoms with E-state index in [1.54, 1.807) is 6.33 Å². The van der Waals surface area contributed by atoms with Gasteiger partial charge in [-0.2, -0.15) is 5.10 Å². The zero-order valence-electron chi connectivity index (χ0n) is 11.8. The Morgan fingerprint density at radius 3 is 2.65 bits per heavy atom. The van der Waals surface area contributed by atoms with Crippen molar-refractivity contribution >= 4 is 27.5 Å². The van der Waals surface area contributed by atoms with Gasteiger partial charge in [0.1, 0.15) is 12.2 Å². The Labute approximate surface area is 133 Å². The highest BCUT2D eigenvalue weighted by Gasteiger charge is 2.16. The van der Waals surface area contributed by atoms with Crippen molar-refractivity contribution in [2.75, 3.05) is 5.88 Å². The van der Waals surface area contributed by atoms with Crippen molar-refractivity contribution in [3.05, 3.63) is 46.5 Å². The lowest BCUT2D eigenvalue weighted by atomic mass is 9.97. The quantitative estimate of drug-likeness (QED) is 0.724. The number of rotatable bonds is 6. The largest absolute Gasteiger partial charge is 0.248 e. The highest BCUT2D eigenvalue weighted by Crippen LogP contribution is 2.22. The average Bonchev–Trinajstić information content (AvgIpc) is 2.88. The van der Waals surface area contributed by atoms with Gasteiger partial charge in [-0.25, -0.2) is 9.67 Å². The van der Waals surface area contributed by atoms with Crippen molar-refractivity contribution in [1.82, 2.24) is 14.8 Å². The number of hydrogen-bond acceptors (Lipinski definition) is 2. The summed E-state index contributed by atoms with van der Waals surface area (Å²) in [5.41, 5.74) is 1.29. The fourth-order valence-electron chi connectivity index (χ4n) is 2.27. The highest BCUT2D eigenvalue weighted by molar-refractivity contribution is 9.10. The van der Waals surface area contributed by atoms with Gasteiger partial charge in [-0.3, -0.25) is 0 Å². The molecule has 5 heteroatoms. The molecule has 0 radical (unpaired) electrons. The molecule has 0 aliphatic rings. The standard InChI is InChI=1S/C15H19BrClN3/c1-11(2)20-15(18-10-19-20)8-12(9-17)7-13-5-3-4-6-14(13)16/h3-6,10-12H,7-9H2,1-2H3. The Kier molecular flexibility index (Phi) is 5.61. The van der Waals surface area contributed by atoms with Crippen LogP contribution in [-0.2, 0) is 12.8 Å². The number of nitrogens with zero attached hydrogens (tertiary/aromatic N) is 3. The van der Waals surface area contributed by atoms with Crippen LogP contribution in [0.5, 0.6) is 0 Å². The zero-order valence-corrected chi connectivity index (χ0v) is 14.1. The Bertz CT molecular complexity index is 554. The van der Waals surface area contributed by atoms with E-state index in [2.05, 4.69) is 58.1 Å². The van der Waals surface area contributed by atoms with Gasteiger partial charge >= 0.3 is 0 Å². The first-order valence-electron chi connectivity index (χ1n) is 6.79. The van der Waals surface area contributed by atoms with E-state index in [0.717, 1.165) is 23.1 Å². The van der Waals surface area contributed by atoms with Gasteiger partial charge in [0.2, 0.25) is 0 Å². The molecule has 2 aromatic rings. The summed E-state index contributed by atoms with van der Waals surface area (Å²) in [7, 11) is 0. The van der Waals surface area contributed by atoms with E-state index in [4.69, 9.17) is 11.6 Å². The number of hydrogen-bond donors (Lipinski definition) is 0. The van der Waals surface area contributed by atoms with Crippen LogP contribution in [-0.4, -0.2) is 20.6 Å². The molecule has 0 aliphatic heterocycles. The molecule has 1 aromatic heterocycles. The predicted molar refractivity (Wildman–Crippen MR) is 86.2 cm³/mol. The monoisotopic (exact) mass is 355 g/mol. The lowest BCUT2D eigenvalue weighted by molar-refractivity contribution is 0.471. The predicted octanol–water partition coefficient (Wildman–Crippen LogP) is 4.26. The van der Waals surface area contributed by atoms with Crippen molar-refractivity contribution in [2.24, 2.45) is 5.92 Å². The summed E-state index contributed by atoms with van der Waals surface area (Å²) in [6.45, 7) is 4.23. The van der Waals surface area contributed by atoms with E-state index in [9.17, 15) is 0 Å². The minimum absolute atomic E-state index is 0.326. The Morgan fingerprint density at radius 1 is 1.25 bits per heavy atom. The second kappa shape index (κ2) is 7.23. The van der Waals surface area contributed by atoms with Crippen LogP contribution in [0.2, 0.25) is 0 Å². The minimum Gasteiger partial charge on any atom is -0.248 e. The van der Waals surface area contributed by atoms with Gasteiger partial charge in [0.25, 0.3) is 0 Å². The maximum Gasteiger partial charge on any atom is 0.138 e. The van der Waals surface area contributed by atoms with Gasteiger partial charge in [-0.1, -0.05) is 34.1 Å². The molecule has 0 amide bonds. The SMILES string of the molecule is CC(C)n1ncnc1CC(CCl)Cc1ccccc1Br. The minimum atomic E-state index is 0.326. The molecule has 0 saturated heterocycles. The Balaban J connectivity index is 2.10. The third-order valence-corrected chi connectivity index (χ3v) is 4.50. The Hall–Kier alpha value is -0.870. The molecule has 0 spiro atoms. The second-order valence-corrected chi connectivity index (χ2v) is 6.40. The highest BCUT2D eigenvalue weighted by atomic mass is 79.9. The van der Waals surface area contributed by atoms with Crippen LogP contribution in [0, 0.1) is 5.92 Å². The number of aromatic nitrogens is 3. The van der Waals surface area contributed by atoms with Crippen LogP contribution >= 0.6 is 27.5 Å². The molecule has 20 heavy (non-hydrogen) atoms. The normalized spacial score (nSPS) is 12.8. The van der Waals surface area contributed by atoms with Crippen molar-refractivity contribution in [1.29, 1.82) is 0 Å². The fourth-order valence-corrected chi connectivity index (χ4v) is 2.93. The van der Waals surface area contributed by atoms with Crippen molar-refractivity contribution in [3.8, 4) is 0 Å². The molecule has 1 atom stereocenters. The summed E-state index contributed by atoms with van der Waals surface area (Å²) in [5, 5.41) is 4.28. The zero-order chi connectivity index (χ0) is 14.5. The first-order valence-corrected chi connectivity index (χ1v) is 8.12. The van der Waals surface area contributed by atoms with Crippen LogP contribution in [0.1, 0.15) is 31.3 Å². The topological polar surface area (TPSA) is 30.7 Å². The molecule has 0 bridgehead atoms. The number of alkyl halides is 1. The van der Waals surface area contributed by atoms with E-state index in [1.165, 1.54) is 5.56 Å². The maximum absolute atomic E-state index is 6.15. The van der Waals surface area contributed by atoms with E-state index in [1.807, 2.05) is 10.7 Å². The lowest BCUT2D eigenvalue weighted by Crippen LogP contribution is -2.16. The maximum atomic E-state index is 6.15. The Morgan fingerprint density at radius 2 is 2.00 bits per heavy atom. The van der Waals surface area contributed by atoms with E-state index >= 15 is 0 Å². The van der Waals surface area contributed by atoms with Crippen LogP contribution in [0.4, 0.5) is 0 Å². The summed E-state index contributed by atoms with van der Waals surface area (Å²) in [6.07, 6.45) is 3.41. The molecule has 1 heterocycles. The summed E-state index contributed by atoms with van der Waals surface area (Å²) < 4.78 is 3.11. The fraction of sp³-hybridized carbons (Fsp3) is 0.467. The molecule has 0 saturated carbocycles. The van der Waals surface area contributed by atoms with Gasteiger partial charge in [0, 0.05) is 22.8 Å². The van der Waals surface area contributed by atoms with Crippen LogP contribution in [0.15, 0.2) is 35.1 Å².